The van der Waals surface area contributed by atoms with E-state index in [0.29, 0.717) is 6.54 Å². The molecule has 0 atom stereocenters. The summed E-state index contributed by atoms with van der Waals surface area (Å²) in [6.45, 7) is 0.501. The van der Waals surface area contributed by atoms with Gasteiger partial charge in [-0.2, -0.15) is 5.06 Å². The predicted molar refractivity (Wildman–Crippen MR) is 51.8 cm³/mol. The minimum Gasteiger partial charge on any atom is -0.363 e. The summed E-state index contributed by atoms with van der Waals surface area (Å²) in [6, 6.07) is 3.88. The molecule has 0 radical (unpaired) electrons. The number of anilines is 1. The average molecular weight is 181 g/mol. The molecule has 0 aromatic carbocycles. The summed E-state index contributed by atoms with van der Waals surface area (Å²) >= 11 is 0. The first-order valence-corrected chi connectivity index (χ1v) is 4.12. The molecule has 4 nitrogen and oxygen atoms in total. The standard InChI is InChI=1S/C9H15N3O/c1-11(2)9-5-4-8(6-10-9)7-12(3)13/h4-6,13H,7H2,1-3H3. The predicted octanol–water partition coefficient (Wildman–Crippen LogP) is 0.969. The Hall–Kier alpha value is -1.13. The topological polar surface area (TPSA) is 39.6 Å². The van der Waals surface area contributed by atoms with E-state index in [9.17, 15) is 0 Å². The van der Waals surface area contributed by atoms with Crippen LogP contribution in [0, 0.1) is 0 Å². The molecule has 1 heterocycles. The Labute approximate surface area is 78.4 Å². The van der Waals surface area contributed by atoms with Gasteiger partial charge >= 0.3 is 0 Å². The molecule has 0 aliphatic rings. The van der Waals surface area contributed by atoms with Crippen molar-refractivity contribution in [2.24, 2.45) is 0 Å². The van der Waals surface area contributed by atoms with Gasteiger partial charge in [0.15, 0.2) is 0 Å². The van der Waals surface area contributed by atoms with Crippen LogP contribution in [0.1, 0.15) is 5.56 Å². The number of hydrogen-bond acceptors (Lipinski definition) is 4. The fraction of sp³-hybridized carbons (Fsp3) is 0.444. The smallest absolute Gasteiger partial charge is 0.127 e. The van der Waals surface area contributed by atoms with Gasteiger partial charge in [-0.3, -0.25) is 0 Å². The Morgan fingerprint density at radius 3 is 2.38 bits per heavy atom. The fourth-order valence-corrected chi connectivity index (χ4v) is 1.04. The molecule has 0 aliphatic heterocycles. The molecular formula is C9H15N3O. The first kappa shape index (κ1) is 9.95. The third-order valence-corrected chi connectivity index (χ3v) is 1.68. The summed E-state index contributed by atoms with van der Waals surface area (Å²) in [5.41, 5.74) is 0.996. The van der Waals surface area contributed by atoms with Gasteiger partial charge in [0, 0.05) is 27.3 Å². The maximum Gasteiger partial charge on any atom is 0.127 e. The van der Waals surface area contributed by atoms with Crippen LogP contribution in [0.25, 0.3) is 0 Å². The third-order valence-electron chi connectivity index (χ3n) is 1.68. The Bertz CT molecular complexity index is 256. The molecule has 0 saturated heterocycles. The van der Waals surface area contributed by atoms with Gasteiger partial charge in [0.1, 0.15) is 5.82 Å². The number of nitrogens with zero attached hydrogens (tertiary/aromatic N) is 3. The maximum absolute atomic E-state index is 8.98. The molecule has 1 rings (SSSR count). The van der Waals surface area contributed by atoms with Crippen LogP contribution in [0.5, 0.6) is 0 Å². The highest BCUT2D eigenvalue weighted by Crippen LogP contribution is 2.08. The first-order valence-electron chi connectivity index (χ1n) is 4.12. The minimum absolute atomic E-state index is 0.501. The van der Waals surface area contributed by atoms with Gasteiger partial charge in [0.2, 0.25) is 0 Å². The van der Waals surface area contributed by atoms with Crippen LogP contribution in [0.15, 0.2) is 18.3 Å². The van der Waals surface area contributed by atoms with E-state index in [-0.39, 0.29) is 0 Å². The first-order chi connectivity index (χ1) is 6.09. The fourth-order valence-electron chi connectivity index (χ4n) is 1.04. The molecule has 0 amide bonds. The van der Waals surface area contributed by atoms with Crippen molar-refractivity contribution in [3.05, 3.63) is 23.9 Å². The average Bonchev–Trinajstić information content (AvgIpc) is 2.04. The van der Waals surface area contributed by atoms with Crippen LogP contribution in [0.3, 0.4) is 0 Å². The van der Waals surface area contributed by atoms with Gasteiger partial charge in [-0.05, 0) is 11.6 Å². The molecule has 1 aromatic rings. The lowest BCUT2D eigenvalue weighted by Gasteiger charge is -2.12. The van der Waals surface area contributed by atoms with E-state index >= 15 is 0 Å². The zero-order valence-corrected chi connectivity index (χ0v) is 8.23. The lowest BCUT2D eigenvalue weighted by atomic mass is 10.3. The normalized spacial score (nSPS) is 10.5. The second kappa shape index (κ2) is 4.20. The van der Waals surface area contributed by atoms with E-state index in [1.165, 1.54) is 0 Å². The summed E-state index contributed by atoms with van der Waals surface area (Å²) in [7, 11) is 5.50. The van der Waals surface area contributed by atoms with Gasteiger partial charge < -0.3 is 10.1 Å². The monoisotopic (exact) mass is 181 g/mol. The molecule has 0 unspecified atom stereocenters. The van der Waals surface area contributed by atoms with Crippen molar-refractivity contribution in [2.45, 2.75) is 6.54 Å². The zero-order valence-electron chi connectivity index (χ0n) is 8.23. The molecule has 0 aliphatic carbocycles. The molecule has 1 N–H and O–H groups in total. The summed E-state index contributed by atoms with van der Waals surface area (Å²) in [4.78, 5) is 6.16. The van der Waals surface area contributed by atoms with E-state index in [2.05, 4.69) is 4.98 Å². The Balaban J connectivity index is 2.70. The van der Waals surface area contributed by atoms with Crippen molar-refractivity contribution < 1.29 is 5.21 Å². The molecule has 4 heteroatoms. The largest absolute Gasteiger partial charge is 0.363 e. The molecular weight excluding hydrogens is 166 g/mol. The molecule has 0 fully saturated rings. The van der Waals surface area contributed by atoms with Crippen molar-refractivity contribution in [3.8, 4) is 0 Å². The number of aromatic nitrogens is 1. The van der Waals surface area contributed by atoms with E-state index < -0.39 is 0 Å². The van der Waals surface area contributed by atoms with Gasteiger partial charge in [0.05, 0.1) is 6.54 Å². The van der Waals surface area contributed by atoms with Gasteiger partial charge in [-0.1, -0.05) is 6.07 Å². The van der Waals surface area contributed by atoms with Crippen LogP contribution in [-0.4, -0.2) is 36.4 Å². The van der Waals surface area contributed by atoms with Crippen molar-refractivity contribution in [2.75, 3.05) is 26.0 Å². The van der Waals surface area contributed by atoms with Crippen LogP contribution in [0.2, 0.25) is 0 Å². The van der Waals surface area contributed by atoms with E-state index in [4.69, 9.17) is 5.21 Å². The maximum atomic E-state index is 8.98. The number of hydroxylamine groups is 2. The highest BCUT2D eigenvalue weighted by Gasteiger charge is 1.98. The third kappa shape index (κ3) is 3.01. The van der Waals surface area contributed by atoms with E-state index in [1.54, 1.807) is 13.2 Å². The lowest BCUT2D eigenvalue weighted by Crippen LogP contribution is -2.13. The SMILES string of the molecule is CN(O)Cc1ccc(N(C)C)nc1. The molecule has 0 saturated carbocycles. The Morgan fingerprint density at radius 1 is 1.31 bits per heavy atom. The highest BCUT2D eigenvalue weighted by atomic mass is 16.5. The van der Waals surface area contributed by atoms with Crippen molar-refractivity contribution in [1.82, 2.24) is 10.0 Å². The van der Waals surface area contributed by atoms with Crippen LogP contribution in [-0.2, 0) is 6.54 Å². The number of rotatable bonds is 3. The Kier molecular flexibility index (Phi) is 3.22. The van der Waals surface area contributed by atoms with E-state index in [1.807, 2.05) is 31.1 Å². The van der Waals surface area contributed by atoms with Crippen molar-refractivity contribution >= 4 is 5.82 Å². The van der Waals surface area contributed by atoms with Crippen molar-refractivity contribution in [3.63, 3.8) is 0 Å². The summed E-state index contributed by atoms with van der Waals surface area (Å²) < 4.78 is 0. The van der Waals surface area contributed by atoms with Crippen LogP contribution in [0.4, 0.5) is 5.82 Å². The van der Waals surface area contributed by atoms with Gasteiger partial charge in [0.25, 0.3) is 0 Å². The van der Waals surface area contributed by atoms with Crippen LogP contribution >= 0.6 is 0 Å². The van der Waals surface area contributed by atoms with Crippen molar-refractivity contribution in [1.29, 1.82) is 0 Å². The van der Waals surface area contributed by atoms with Gasteiger partial charge in [-0.15, -0.1) is 0 Å². The number of hydrogen-bond donors (Lipinski definition) is 1. The van der Waals surface area contributed by atoms with E-state index in [0.717, 1.165) is 16.4 Å². The second-order valence-electron chi connectivity index (χ2n) is 3.23. The molecule has 13 heavy (non-hydrogen) atoms. The molecule has 1 aromatic heterocycles. The molecule has 0 spiro atoms. The minimum atomic E-state index is 0.501. The lowest BCUT2D eigenvalue weighted by molar-refractivity contribution is -0.0732. The molecule has 0 bridgehead atoms. The second-order valence-corrected chi connectivity index (χ2v) is 3.23. The Morgan fingerprint density at radius 2 is 2.00 bits per heavy atom. The zero-order chi connectivity index (χ0) is 9.84. The number of pyridine rings is 1. The summed E-state index contributed by atoms with van der Waals surface area (Å²) in [6.07, 6.45) is 1.77. The van der Waals surface area contributed by atoms with Gasteiger partial charge in [-0.25, -0.2) is 4.98 Å². The van der Waals surface area contributed by atoms with Crippen LogP contribution < -0.4 is 4.90 Å². The summed E-state index contributed by atoms with van der Waals surface area (Å²) in [5, 5.41) is 10.1. The quantitative estimate of drug-likeness (QED) is 0.705. The molecule has 72 valence electrons. The highest BCUT2D eigenvalue weighted by molar-refractivity contribution is 5.36. The summed E-state index contributed by atoms with van der Waals surface area (Å²) in [5.74, 6) is 0.921.